The van der Waals surface area contributed by atoms with Crippen LogP contribution in [-0.2, 0) is 11.2 Å². The number of ether oxygens (including phenoxy) is 1. The van der Waals surface area contributed by atoms with E-state index in [-0.39, 0.29) is 16.7 Å². The van der Waals surface area contributed by atoms with Crippen molar-refractivity contribution < 1.29 is 13.9 Å². The number of Topliss-reactive ketones (excluding diaryl/α,β-unsaturated/α-hetero) is 1. The summed E-state index contributed by atoms with van der Waals surface area (Å²) >= 11 is 11.3. The van der Waals surface area contributed by atoms with Gasteiger partial charge in [-0.25, -0.2) is 4.39 Å². The van der Waals surface area contributed by atoms with Crippen LogP contribution in [0.2, 0.25) is 5.02 Å². The fourth-order valence-corrected chi connectivity index (χ4v) is 2.17. The Hall–Kier alpha value is -0.800. The fraction of sp³-hybridized carbons (Fsp3) is 0.364. The number of benzene rings is 1. The van der Waals surface area contributed by atoms with Crippen LogP contribution in [0.4, 0.5) is 4.39 Å². The third kappa shape index (κ3) is 2.15. The van der Waals surface area contributed by atoms with Gasteiger partial charge in [-0.1, -0.05) is 11.6 Å². The quantitative estimate of drug-likeness (QED) is 0.767. The molecule has 1 atom stereocenters. The molecule has 0 saturated carbocycles. The molecule has 0 unspecified atom stereocenters. The van der Waals surface area contributed by atoms with Crippen LogP contribution < -0.4 is 4.74 Å². The molecule has 16 heavy (non-hydrogen) atoms. The summed E-state index contributed by atoms with van der Waals surface area (Å²) in [5.41, 5.74) is 0.698. The van der Waals surface area contributed by atoms with Gasteiger partial charge in [0.05, 0.1) is 10.9 Å². The molecule has 0 aromatic heterocycles. The van der Waals surface area contributed by atoms with Gasteiger partial charge in [0.15, 0.2) is 11.9 Å². The highest BCUT2D eigenvalue weighted by atomic mass is 35.5. The van der Waals surface area contributed by atoms with E-state index in [9.17, 15) is 9.18 Å². The maximum Gasteiger partial charge on any atom is 0.187 e. The molecule has 2 rings (SSSR count). The molecule has 1 aliphatic rings. The summed E-state index contributed by atoms with van der Waals surface area (Å²) in [7, 11) is 0. The summed E-state index contributed by atoms with van der Waals surface area (Å²) in [4.78, 5) is 11.4. The smallest absolute Gasteiger partial charge is 0.187 e. The lowest BCUT2D eigenvalue weighted by Gasteiger charge is -2.25. The average molecular weight is 263 g/mol. The minimum absolute atomic E-state index is 0.0845. The Bertz CT molecular complexity index is 434. The topological polar surface area (TPSA) is 26.3 Å². The minimum Gasteiger partial charge on any atom is -0.481 e. The molecule has 0 aliphatic carbocycles. The molecule has 0 saturated heterocycles. The molecular weight excluding hydrogens is 254 g/mol. The highest BCUT2D eigenvalue weighted by molar-refractivity contribution is 6.32. The Balaban J connectivity index is 2.30. The summed E-state index contributed by atoms with van der Waals surface area (Å²) in [5, 5.41) is 0.196. The number of hydrogen-bond acceptors (Lipinski definition) is 2. The molecule has 5 heteroatoms. The molecule has 1 heterocycles. The standard InChI is InChI=1S/C11H9Cl2FO2/c12-5-9(15)10-2-1-6-3-7(14)4-8(13)11(6)16-10/h3-4,10H,1-2,5H2/t10-/m1/s1. The summed E-state index contributed by atoms with van der Waals surface area (Å²) in [6.45, 7) is 0. The van der Waals surface area contributed by atoms with Crippen molar-refractivity contribution in [2.24, 2.45) is 0 Å². The molecule has 1 aliphatic heterocycles. The second-order valence-corrected chi connectivity index (χ2v) is 4.30. The molecule has 0 spiro atoms. The zero-order valence-electron chi connectivity index (χ0n) is 8.30. The SMILES string of the molecule is O=C(CCl)[C@H]1CCc2cc(F)cc(Cl)c2O1. The van der Waals surface area contributed by atoms with E-state index in [1.165, 1.54) is 12.1 Å². The predicted octanol–water partition coefficient (Wildman–Crippen LogP) is 2.98. The molecule has 0 fully saturated rings. The van der Waals surface area contributed by atoms with Gasteiger partial charge in [0, 0.05) is 0 Å². The number of rotatable bonds is 2. The van der Waals surface area contributed by atoms with E-state index < -0.39 is 11.9 Å². The Morgan fingerprint density at radius 3 is 3.00 bits per heavy atom. The van der Waals surface area contributed by atoms with Crippen molar-refractivity contribution in [3.63, 3.8) is 0 Å². The van der Waals surface area contributed by atoms with Crippen LogP contribution in [0, 0.1) is 5.82 Å². The van der Waals surface area contributed by atoms with Crippen molar-refractivity contribution in [1.82, 2.24) is 0 Å². The van der Waals surface area contributed by atoms with Gasteiger partial charge in [-0.2, -0.15) is 0 Å². The summed E-state index contributed by atoms with van der Waals surface area (Å²) < 4.78 is 18.5. The molecule has 1 aromatic rings. The number of carbonyl (C=O) groups is 1. The minimum atomic E-state index is -0.562. The highest BCUT2D eigenvalue weighted by Crippen LogP contribution is 2.35. The maximum absolute atomic E-state index is 13.0. The Morgan fingerprint density at radius 2 is 2.31 bits per heavy atom. The molecule has 0 N–H and O–H groups in total. The van der Waals surface area contributed by atoms with Crippen LogP contribution in [0.15, 0.2) is 12.1 Å². The number of fused-ring (bicyclic) bond motifs is 1. The predicted molar refractivity (Wildman–Crippen MR) is 59.9 cm³/mol. The van der Waals surface area contributed by atoms with Gasteiger partial charge in [-0.15, -0.1) is 11.6 Å². The third-order valence-electron chi connectivity index (χ3n) is 2.51. The summed E-state index contributed by atoms with van der Waals surface area (Å²) in [6, 6.07) is 2.55. The van der Waals surface area contributed by atoms with Crippen molar-refractivity contribution in [2.75, 3.05) is 5.88 Å². The summed E-state index contributed by atoms with van der Waals surface area (Å²) in [5.74, 6) is -0.251. The van der Waals surface area contributed by atoms with Crippen LogP contribution in [0.25, 0.3) is 0 Å². The normalized spacial score (nSPS) is 18.8. The number of halogens is 3. The first-order valence-electron chi connectivity index (χ1n) is 4.85. The molecular formula is C11H9Cl2FO2. The number of aryl methyl sites for hydroxylation is 1. The lowest BCUT2D eigenvalue weighted by molar-refractivity contribution is -0.123. The highest BCUT2D eigenvalue weighted by Gasteiger charge is 2.27. The average Bonchev–Trinajstić information content (AvgIpc) is 2.27. The van der Waals surface area contributed by atoms with E-state index in [2.05, 4.69) is 0 Å². The second kappa shape index (κ2) is 4.60. The largest absolute Gasteiger partial charge is 0.481 e. The monoisotopic (exact) mass is 262 g/mol. The van der Waals surface area contributed by atoms with E-state index in [0.717, 1.165) is 0 Å². The molecule has 0 bridgehead atoms. The van der Waals surface area contributed by atoms with E-state index in [0.29, 0.717) is 24.2 Å². The van der Waals surface area contributed by atoms with Crippen LogP contribution >= 0.6 is 23.2 Å². The van der Waals surface area contributed by atoms with Crippen LogP contribution in [0.1, 0.15) is 12.0 Å². The molecule has 0 amide bonds. The number of carbonyl (C=O) groups excluding carboxylic acids is 1. The maximum atomic E-state index is 13.0. The van der Waals surface area contributed by atoms with E-state index in [4.69, 9.17) is 27.9 Å². The van der Waals surface area contributed by atoms with Gasteiger partial charge in [-0.05, 0) is 30.5 Å². The molecule has 86 valence electrons. The van der Waals surface area contributed by atoms with Crippen LogP contribution in [0.3, 0.4) is 0 Å². The molecule has 2 nitrogen and oxygen atoms in total. The lowest BCUT2D eigenvalue weighted by atomic mass is 10.0. The molecule has 0 radical (unpaired) electrons. The van der Waals surface area contributed by atoms with Gasteiger partial charge in [0.2, 0.25) is 0 Å². The number of alkyl halides is 1. The van der Waals surface area contributed by atoms with Crippen LogP contribution in [0.5, 0.6) is 5.75 Å². The van der Waals surface area contributed by atoms with Crippen molar-refractivity contribution in [3.05, 3.63) is 28.5 Å². The Morgan fingerprint density at radius 1 is 1.56 bits per heavy atom. The first-order chi connectivity index (χ1) is 7.61. The molecule has 1 aromatic carbocycles. The fourth-order valence-electron chi connectivity index (χ4n) is 1.73. The Labute approximate surface area is 102 Å². The zero-order chi connectivity index (χ0) is 11.7. The van der Waals surface area contributed by atoms with E-state index in [1.54, 1.807) is 0 Å². The zero-order valence-corrected chi connectivity index (χ0v) is 9.82. The van der Waals surface area contributed by atoms with E-state index in [1.807, 2.05) is 0 Å². The number of ketones is 1. The second-order valence-electron chi connectivity index (χ2n) is 3.62. The van der Waals surface area contributed by atoms with Gasteiger partial charge < -0.3 is 4.74 Å². The first-order valence-corrected chi connectivity index (χ1v) is 5.76. The number of hydrogen-bond donors (Lipinski definition) is 0. The van der Waals surface area contributed by atoms with E-state index >= 15 is 0 Å². The lowest BCUT2D eigenvalue weighted by Crippen LogP contribution is -2.32. The van der Waals surface area contributed by atoms with Gasteiger partial charge in [-0.3, -0.25) is 4.79 Å². The van der Waals surface area contributed by atoms with Gasteiger partial charge in [0.25, 0.3) is 0 Å². The van der Waals surface area contributed by atoms with Crippen LogP contribution in [-0.4, -0.2) is 17.8 Å². The van der Waals surface area contributed by atoms with Crippen molar-refractivity contribution >= 4 is 29.0 Å². The third-order valence-corrected chi connectivity index (χ3v) is 3.06. The van der Waals surface area contributed by atoms with Crippen molar-refractivity contribution in [3.8, 4) is 5.75 Å². The van der Waals surface area contributed by atoms with Gasteiger partial charge in [0.1, 0.15) is 11.6 Å². The Kier molecular flexibility index (Phi) is 3.36. The van der Waals surface area contributed by atoms with Crippen molar-refractivity contribution in [1.29, 1.82) is 0 Å². The summed E-state index contributed by atoms with van der Waals surface area (Å²) in [6.07, 6.45) is 0.520. The van der Waals surface area contributed by atoms with Gasteiger partial charge >= 0.3 is 0 Å². The van der Waals surface area contributed by atoms with Crippen molar-refractivity contribution in [2.45, 2.75) is 18.9 Å². The first kappa shape index (κ1) is 11.7.